The molecule has 3 nitrogen and oxygen atoms in total. The van der Waals surface area contributed by atoms with E-state index in [2.05, 4.69) is 193 Å². The van der Waals surface area contributed by atoms with Crippen LogP contribution in [0.25, 0.3) is 88.0 Å². The summed E-state index contributed by atoms with van der Waals surface area (Å²) in [7, 11) is 0. The summed E-state index contributed by atoms with van der Waals surface area (Å²) < 4.78 is 13.3. The summed E-state index contributed by atoms with van der Waals surface area (Å²) >= 11 is 0. The quantitative estimate of drug-likeness (QED) is 0.173. The Labute approximate surface area is 317 Å². The van der Waals surface area contributed by atoms with Crippen LogP contribution in [0.1, 0.15) is 0 Å². The van der Waals surface area contributed by atoms with E-state index in [1.807, 2.05) is 12.1 Å². The van der Waals surface area contributed by atoms with Crippen LogP contribution in [0.15, 0.2) is 209 Å². The maximum atomic E-state index is 6.86. The maximum Gasteiger partial charge on any atom is 0.143 e. The second kappa shape index (κ2) is 12.6. The molecular formula is C52H33NO2. The van der Waals surface area contributed by atoms with Gasteiger partial charge in [0.25, 0.3) is 0 Å². The maximum absolute atomic E-state index is 6.86. The Balaban J connectivity index is 1.12. The van der Waals surface area contributed by atoms with E-state index < -0.39 is 0 Å². The molecule has 0 unspecified atom stereocenters. The monoisotopic (exact) mass is 703 g/mol. The SMILES string of the molecule is c1ccc(-c2ccc(N(c3ccc(-c4cccc5c4oc4ccccc45)cc3)c3cc(-c4ccccc4)c4oc5c6ccccc6ccc5c4c3)cc2)cc1. The number of anilines is 3. The Morgan fingerprint density at radius 3 is 1.62 bits per heavy atom. The number of rotatable bonds is 6. The number of benzene rings is 9. The smallest absolute Gasteiger partial charge is 0.143 e. The van der Waals surface area contributed by atoms with Gasteiger partial charge < -0.3 is 13.7 Å². The summed E-state index contributed by atoms with van der Waals surface area (Å²) in [6.45, 7) is 0. The van der Waals surface area contributed by atoms with Crippen molar-refractivity contribution in [3.05, 3.63) is 200 Å². The lowest BCUT2D eigenvalue weighted by Crippen LogP contribution is -2.10. The molecule has 0 aliphatic carbocycles. The molecule has 2 aromatic heterocycles. The minimum Gasteiger partial charge on any atom is -0.455 e. The molecule has 0 saturated heterocycles. The molecule has 0 radical (unpaired) electrons. The van der Waals surface area contributed by atoms with E-state index >= 15 is 0 Å². The fourth-order valence-corrected chi connectivity index (χ4v) is 8.20. The van der Waals surface area contributed by atoms with E-state index in [0.717, 1.165) is 94.0 Å². The van der Waals surface area contributed by atoms with E-state index in [4.69, 9.17) is 8.83 Å². The third kappa shape index (κ3) is 5.20. The van der Waals surface area contributed by atoms with Gasteiger partial charge in [-0.25, -0.2) is 0 Å². The molecule has 9 aromatic carbocycles. The number of hydrogen-bond acceptors (Lipinski definition) is 3. The lowest BCUT2D eigenvalue weighted by atomic mass is 9.99. The first-order chi connectivity index (χ1) is 27.3. The van der Waals surface area contributed by atoms with Crippen LogP contribution < -0.4 is 4.90 Å². The summed E-state index contributed by atoms with van der Waals surface area (Å²) in [5.74, 6) is 0. The van der Waals surface area contributed by atoms with Crippen molar-refractivity contribution in [3.63, 3.8) is 0 Å². The second-order valence-electron chi connectivity index (χ2n) is 14.1. The van der Waals surface area contributed by atoms with Crippen LogP contribution in [0.5, 0.6) is 0 Å². The van der Waals surface area contributed by atoms with E-state index in [0.29, 0.717) is 0 Å². The summed E-state index contributed by atoms with van der Waals surface area (Å²) in [6, 6.07) is 70.9. The molecule has 2 heterocycles. The highest BCUT2D eigenvalue weighted by Gasteiger charge is 2.21. The molecule has 0 fully saturated rings. The van der Waals surface area contributed by atoms with Gasteiger partial charge in [0.1, 0.15) is 22.3 Å². The normalized spacial score (nSPS) is 11.6. The number of nitrogens with zero attached hydrogens (tertiary/aromatic N) is 1. The highest BCUT2D eigenvalue weighted by molar-refractivity contribution is 6.18. The Morgan fingerprint density at radius 1 is 0.291 bits per heavy atom. The molecule has 0 aliphatic heterocycles. The first kappa shape index (κ1) is 31.2. The molecule has 0 spiro atoms. The van der Waals surface area contributed by atoms with Crippen molar-refractivity contribution in [2.75, 3.05) is 4.90 Å². The van der Waals surface area contributed by atoms with Gasteiger partial charge in [-0.1, -0.05) is 152 Å². The zero-order chi connectivity index (χ0) is 36.3. The van der Waals surface area contributed by atoms with Crippen LogP contribution in [0, 0.1) is 0 Å². The van der Waals surface area contributed by atoms with Crippen molar-refractivity contribution in [2.45, 2.75) is 0 Å². The second-order valence-corrected chi connectivity index (χ2v) is 14.1. The van der Waals surface area contributed by atoms with Crippen LogP contribution in [0.3, 0.4) is 0 Å². The van der Waals surface area contributed by atoms with Crippen molar-refractivity contribution in [3.8, 4) is 33.4 Å². The van der Waals surface area contributed by atoms with E-state index in [-0.39, 0.29) is 0 Å². The van der Waals surface area contributed by atoms with Gasteiger partial charge in [-0.05, 0) is 76.2 Å². The van der Waals surface area contributed by atoms with Gasteiger partial charge in [0.15, 0.2) is 0 Å². The van der Waals surface area contributed by atoms with Crippen molar-refractivity contribution < 1.29 is 8.83 Å². The molecule has 258 valence electrons. The van der Waals surface area contributed by atoms with Crippen LogP contribution in [0.2, 0.25) is 0 Å². The average Bonchev–Trinajstić information content (AvgIpc) is 3.84. The van der Waals surface area contributed by atoms with Gasteiger partial charge in [-0.2, -0.15) is 0 Å². The number of para-hydroxylation sites is 2. The molecule has 0 aliphatic rings. The first-order valence-electron chi connectivity index (χ1n) is 18.7. The van der Waals surface area contributed by atoms with Gasteiger partial charge in [-0.3, -0.25) is 0 Å². The summed E-state index contributed by atoms with van der Waals surface area (Å²) in [6.07, 6.45) is 0. The Bertz CT molecular complexity index is 3180. The summed E-state index contributed by atoms with van der Waals surface area (Å²) in [5.41, 5.74) is 13.4. The Hall–Kier alpha value is -7.36. The molecule has 11 aromatic rings. The molecule has 0 N–H and O–H groups in total. The lowest BCUT2D eigenvalue weighted by molar-refractivity contribution is 0.670. The minimum atomic E-state index is 0.884. The molecule has 3 heteroatoms. The average molecular weight is 704 g/mol. The predicted octanol–water partition coefficient (Wildman–Crippen LogP) is 15.1. The van der Waals surface area contributed by atoms with Crippen molar-refractivity contribution >= 4 is 71.7 Å². The molecule has 0 atom stereocenters. The molecule has 0 bridgehead atoms. The largest absolute Gasteiger partial charge is 0.455 e. The molecule has 0 amide bonds. The van der Waals surface area contributed by atoms with Crippen molar-refractivity contribution in [1.29, 1.82) is 0 Å². The highest BCUT2D eigenvalue weighted by Crippen LogP contribution is 2.45. The molecule has 0 saturated carbocycles. The third-order valence-electron chi connectivity index (χ3n) is 10.9. The zero-order valence-electron chi connectivity index (χ0n) is 29.8. The van der Waals surface area contributed by atoms with Crippen LogP contribution in [-0.2, 0) is 0 Å². The molecule has 11 rings (SSSR count). The summed E-state index contributed by atoms with van der Waals surface area (Å²) in [4.78, 5) is 2.35. The van der Waals surface area contributed by atoms with Gasteiger partial charge in [0, 0.05) is 55.1 Å². The Kier molecular flexibility index (Phi) is 7.17. The highest BCUT2D eigenvalue weighted by atomic mass is 16.3. The van der Waals surface area contributed by atoms with E-state index in [1.165, 1.54) is 11.1 Å². The molecular weight excluding hydrogens is 671 g/mol. The topological polar surface area (TPSA) is 29.5 Å². The fourth-order valence-electron chi connectivity index (χ4n) is 8.20. The standard InChI is InChI=1S/C52H33NO2/c1-3-12-34(13-4-1)35-22-27-39(28-23-35)53(40-29-24-38(25-30-40)43-19-11-20-45-44-18-9-10-21-49(44)54-50(43)45)41-32-47(36-14-5-2-6-15-36)52-48(33-41)46-31-26-37-16-7-8-17-42(37)51(46)55-52/h1-33H. The third-order valence-corrected chi connectivity index (χ3v) is 10.9. The molecule has 55 heavy (non-hydrogen) atoms. The van der Waals surface area contributed by atoms with Crippen molar-refractivity contribution in [1.82, 2.24) is 0 Å². The zero-order valence-corrected chi connectivity index (χ0v) is 29.8. The first-order valence-corrected chi connectivity index (χ1v) is 18.7. The van der Waals surface area contributed by atoms with Crippen molar-refractivity contribution in [2.24, 2.45) is 0 Å². The summed E-state index contributed by atoms with van der Waals surface area (Å²) in [5, 5.41) is 6.71. The van der Waals surface area contributed by atoms with Gasteiger partial charge in [-0.15, -0.1) is 0 Å². The van der Waals surface area contributed by atoms with E-state index in [1.54, 1.807) is 0 Å². The number of furan rings is 2. The predicted molar refractivity (Wildman–Crippen MR) is 229 cm³/mol. The van der Waals surface area contributed by atoms with Gasteiger partial charge in [0.2, 0.25) is 0 Å². The van der Waals surface area contributed by atoms with Gasteiger partial charge in [0.05, 0.1) is 0 Å². The minimum absolute atomic E-state index is 0.884. The lowest BCUT2D eigenvalue weighted by Gasteiger charge is -2.27. The number of fused-ring (bicyclic) bond motifs is 8. The fraction of sp³-hybridized carbons (Fsp3) is 0. The van der Waals surface area contributed by atoms with E-state index in [9.17, 15) is 0 Å². The number of hydrogen-bond donors (Lipinski definition) is 0. The Morgan fingerprint density at radius 2 is 0.855 bits per heavy atom. The van der Waals surface area contributed by atoms with Crippen LogP contribution in [0.4, 0.5) is 17.1 Å². The van der Waals surface area contributed by atoms with Crippen LogP contribution >= 0.6 is 0 Å². The van der Waals surface area contributed by atoms with Gasteiger partial charge >= 0.3 is 0 Å². The van der Waals surface area contributed by atoms with Crippen LogP contribution in [-0.4, -0.2) is 0 Å².